The molecule has 1 saturated heterocycles. The van der Waals surface area contributed by atoms with E-state index in [1.807, 2.05) is 24.3 Å². The van der Waals surface area contributed by atoms with Gasteiger partial charge in [-0.3, -0.25) is 4.79 Å². The Kier molecular flexibility index (Phi) is 3.96. The molecule has 2 fully saturated rings. The van der Waals surface area contributed by atoms with Crippen molar-refractivity contribution in [3.8, 4) is 0 Å². The number of amides is 1. The van der Waals surface area contributed by atoms with Crippen molar-refractivity contribution in [3.05, 3.63) is 40.3 Å². The van der Waals surface area contributed by atoms with Crippen LogP contribution >= 0.6 is 0 Å². The quantitative estimate of drug-likeness (QED) is 0.907. The first kappa shape index (κ1) is 15.8. The molecular formula is C18H22N2O3S. The van der Waals surface area contributed by atoms with Crippen molar-refractivity contribution in [2.75, 3.05) is 6.54 Å². The fourth-order valence-corrected chi connectivity index (χ4v) is 5.42. The minimum atomic E-state index is -3.58. The van der Waals surface area contributed by atoms with Crippen molar-refractivity contribution in [1.82, 2.24) is 9.62 Å². The maximum atomic E-state index is 13.1. The van der Waals surface area contributed by atoms with E-state index in [2.05, 4.69) is 5.32 Å². The summed E-state index contributed by atoms with van der Waals surface area (Å²) in [6.07, 6.45) is 6.39. The number of fused-ring (bicyclic) bond motifs is 1. The Bertz CT molecular complexity index is 796. The normalized spacial score (nSPS) is 24.3. The number of carbonyl (C=O) groups is 1. The molecule has 1 atom stereocenters. The van der Waals surface area contributed by atoms with Gasteiger partial charge in [0.05, 0.1) is 4.91 Å². The number of aryl methyl sites for hydroxylation is 1. The first-order valence-electron chi connectivity index (χ1n) is 8.66. The third-order valence-corrected chi connectivity index (χ3v) is 7.12. The Hall–Kier alpha value is -1.66. The summed E-state index contributed by atoms with van der Waals surface area (Å²) in [4.78, 5) is 12.8. The molecule has 1 unspecified atom stereocenters. The predicted molar refractivity (Wildman–Crippen MR) is 92.6 cm³/mol. The van der Waals surface area contributed by atoms with Crippen LogP contribution in [-0.2, 0) is 21.2 Å². The molecule has 0 radical (unpaired) electrons. The minimum Gasteiger partial charge on any atom is -0.352 e. The maximum absolute atomic E-state index is 13.1. The van der Waals surface area contributed by atoms with Gasteiger partial charge in [0.2, 0.25) is 15.9 Å². The van der Waals surface area contributed by atoms with E-state index in [0.717, 1.165) is 31.2 Å². The first-order chi connectivity index (χ1) is 11.6. The molecule has 4 rings (SSSR count). The van der Waals surface area contributed by atoms with Gasteiger partial charge in [0, 0.05) is 12.6 Å². The van der Waals surface area contributed by atoms with Gasteiger partial charge >= 0.3 is 0 Å². The Balaban J connectivity index is 1.60. The van der Waals surface area contributed by atoms with Gasteiger partial charge in [0.15, 0.2) is 0 Å². The molecule has 1 N–H and O–H groups in total. The fourth-order valence-electron chi connectivity index (χ4n) is 3.58. The number of carbonyl (C=O) groups excluding carboxylic acids is 1. The SMILES string of the molecule is O=C(NC1CC1)C1CCCN1S(=O)(=O)C1=Cc2ccccc2CC1. The van der Waals surface area contributed by atoms with E-state index in [1.165, 1.54) is 9.87 Å². The molecule has 2 aliphatic carbocycles. The third kappa shape index (κ3) is 2.89. The van der Waals surface area contributed by atoms with Gasteiger partial charge in [-0.25, -0.2) is 8.42 Å². The monoisotopic (exact) mass is 346 g/mol. The lowest BCUT2D eigenvalue weighted by atomic mass is 9.98. The number of rotatable bonds is 4. The summed E-state index contributed by atoms with van der Waals surface area (Å²) in [5.74, 6) is -0.129. The molecule has 1 aliphatic heterocycles. The van der Waals surface area contributed by atoms with Gasteiger partial charge in [-0.05, 0) is 55.7 Å². The van der Waals surface area contributed by atoms with Gasteiger partial charge in [0.1, 0.15) is 6.04 Å². The van der Waals surface area contributed by atoms with Crippen molar-refractivity contribution < 1.29 is 13.2 Å². The number of hydrogen-bond acceptors (Lipinski definition) is 3. The number of sulfonamides is 1. The van der Waals surface area contributed by atoms with Crippen LogP contribution in [0.25, 0.3) is 6.08 Å². The molecule has 0 aromatic heterocycles. The number of nitrogens with one attached hydrogen (secondary N) is 1. The highest BCUT2D eigenvalue weighted by Crippen LogP contribution is 2.33. The fraction of sp³-hybridized carbons (Fsp3) is 0.500. The highest BCUT2D eigenvalue weighted by Gasteiger charge is 2.41. The number of allylic oxidation sites excluding steroid dienone is 1. The van der Waals surface area contributed by atoms with Crippen LogP contribution < -0.4 is 5.32 Å². The van der Waals surface area contributed by atoms with E-state index in [9.17, 15) is 13.2 Å². The summed E-state index contributed by atoms with van der Waals surface area (Å²) in [7, 11) is -3.58. The second kappa shape index (κ2) is 6.01. The largest absolute Gasteiger partial charge is 0.352 e. The Morgan fingerprint density at radius 2 is 1.92 bits per heavy atom. The van der Waals surface area contributed by atoms with Crippen LogP contribution in [0.3, 0.4) is 0 Å². The van der Waals surface area contributed by atoms with Gasteiger partial charge in [-0.1, -0.05) is 24.3 Å². The molecule has 1 aromatic rings. The summed E-state index contributed by atoms with van der Waals surface area (Å²) in [6.45, 7) is 0.435. The lowest BCUT2D eigenvalue weighted by molar-refractivity contribution is -0.124. The standard InChI is InChI=1S/C18H22N2O3S/c21-18(19-15-8-9-15)17-6-3-11-20(17)24(22,23)16-10-7-13-4-1-2-5-14(13)12-16/h1-2,4-5,12,15,17H,3,6-11H2,(H,19,21). The van der Waals surface area contributed by atoms with Crippen molar-refractivity contribution >= 4 is 22.0 Å². The highest BCUT2D eigenvalue weighted by atomic mass is 32.2. The summed E-state index contributed by atoms with van der Waals surface area (Å²) >= 11 is 0. The van der Waals surface area contributed by atoms with Gasteiger partial charge in [0.25, 0.3) is 0 Å². The smallest absolute Gasteiger partial charge is 0.239 e. The zero-order valence-electron chi connectivity index (χ0n) is 13.6. The average Bonchev–Trinajstić information content (AvgIpc) is 3.25. The van der Waals surface area contributed by atoms with Crippen LogP contribution in [0.4, 0.5) is 0 Å². The van der Waals surface area contributed by atoms with Crippen molar-refractivity contribution in [1.29, 1.82) is 0 Å². The van der Waals surface area contributed by atoms with E-state index >= 15 is 0 Å². The van der Waals surface area contributed by atoms with E-state index in [-0.39, 0.29) is 11.9 Å². The van der Waals surface area contributed by atoms with E-state index < -0.39 is 16.1 Å². The topological polar surface area (TPSA) is 66.5 Å². The molecule has 6 heteroatoms. The van der Waals surface area contributed by atoms with E-state index in [0.29, 0.717) is 24.3 Å². The number of nitrogens with zero attached hydrogens (tertiary/aromatic N) is 1. The van der Waals surface area contributed by atoms with Crippen LogP contribution in [0, 0.1) is 0 Å². The van der Waals surface area contributed by atoms with Crippen LogP contribution in [0.15, 0.2) is 29.2 Å². The van der Waals surface area contributed by atoms with Gasteiger partial charge in [-0.15, -0.1) is 0 Å². The van der Waals surface area contributed by atoms with Crippen LogP contribution in [0.5, 0.6) is 0 Å². The Labute approximate surface area is 142 Å². The molecule has 1 aromatic carbocycles. The second-order valence-electron chi connectivity index (χ2n) is 6.87. The molecule has 128 valence electrons. The van der Waals surface area contributed by atoms with Crippen molar-refractivity contribution in [2.45, 2.75) is 50.6 Å². The number of hydrogen-bond donors (Lipinski definition) is 1. The molecule has 1 saturated carbocycles. The predicted octanol–water partition coefficient (Wildman–Crippen LogP) is 2.05. The summed E-state index contributed by atoms with van der Waals surface area (Å²) in [6, 6.07) is 7.59. The Morgan fingerprint density at radius 3 is 2.71 bits per heavy atom. The molecule has 3 aliphatic rings. The van der Waals surface area contributed by atoms with Crippen LogP contribution in [-0.4, -0.2) is 37.3 Å². The van der Waals surface area contributed by atoms with Crippen LogP contribution in [0.2, 0.25) is 0 Å². The molecule has 5 nitrogen and oxygen atoms in total. The zero-order valence-corrected chi connectivity index (χ0v) is 14.4. The molecule has 0 spiro atoms. The van der Waals surface area contributed by atoms with Crippen LogP contribution in [0.1, 0.15) is 43.2 Å². The van der Waals surface area contributed by atoms with Gasteiger partial charge in [-0.2, -0.15) is 4.31 Å². The molecule has 1 amide bonds. The third-order valence-electron chi connectivity index (χ3n) is 5.08. The summed E-state index contributed by atoms with van der Waals surface area (Å²) in [5, 5.41) is 2.95. The highest BCUT2D eigenvalue weighted by molar-refractivity contribution is 7.93. The average molecular weight is 346 g/mol. The van der Waals surface area contributed by atoms with E-state index in [1.54, 1.807) is 6.08 Å². The number of benzene rings is 1. The maximum Gasteiger partial charge on any atom is 0.239 e. The second-order valence-corrected chi connectivity index (χ2v) is 8.81. The lowest BCUT2D eigenvalue weighted by Crippen LogP contribution is -2.46. The Morgan fingerprint density at radius 1 is 1.12 bits per heavy atom. The molecule has 24 heavy (non-hydrogen) atoms. The summed E-state index contributed by atoms with van der Waals surface area (Å²) < 4.78 is 27.6. The minimum absolute atomic E-state index is 0.129. The molecule has 1 heterocycles. The zero-order chi connectivity index (χ0) is 16.7. The molecular weight excluding hydrogens is 324 g/mol. The van der Waals surface area contributed by atoms with Crippen molar-refractivity contribution in [3.63, 3.8) is 0 Å². The van der Waals surface area contributed by atoms with Crippen molar-refractivity contribution in [2.24, 2.45) is 0 Å². The van der Waals surface area contributed by atoms with E-state index in [4.69, 9.17) is 0 Å². The van der Waals surface area contributed by atoms with Gasteiger partial charge < -0.3 is 5.32 Å². The lowest BCUT2D eigenvalue weighted by Gasteiger charge is -2.26. The first-order valence-corrected chi connectivity index (χ1v) is 10.1. The molecule has 0 bridgehead atoms. The summed E-state index contributed by atoms with van der Waals surface area (Å²) in [5.41, 5.74) is 2.15.